The van der Waals surface area contributed by atoms with Crippen LogP contribution in [0.25, 0.3) is 0 Å². The average molecular weight is 207 g/mol. The Morgan fingerprint density at radius 1 is 1.46 bits per heavy atom. The van der Waals surface area contributed by atoms with Gasteiger partial charge in [-0.2, -0.15) is 0 Å². The second-order valence-corrected chi connectivity index (χ2v) is 5.40. The molecule has 4 heteroatoms. The monoisotopic (exact) mass is 207 g/mol. The van der Waals surface area contributed by atoms with Gasteiger partial charge in [-0.05, 0) is 27.2 Å². The fraction of sp³-hybridized carbons (Fsp3) is 1.00. The van der Waals surface area contributed by atoms with Gasteiger partial charge in [0.1, 0.15) is 0 Å². The molecule has 0 bridgehead atoms. The van der Waals surface area contributed by atoms with Gasteiger partial charge in [0.2, 0.25) is 0 Å². The van der Waals surface area contributed by atoms with Crippen molar-refractivity contribution in [1.82, 2.24) is 0 Å². The van der Waals surface area contributed by atoms with E-state index in [1.54, 1.807) is 0 Å². The largest absolute Gasteiger partial charge is 0.382 e. The zero-order valence-electron chi connectivity index (χ0n) is 8.84. The van der Waals surface area contributed by atoms with Gasteiger partial charge in [0.05, 0.1) is 0 Å². The number of ether oxygens (including phenoxy) is 1. The highest BCUT2D eigenvalue weighted by Crippen LogP contribution is 2.01. The normalized spacial score (nSPS) is 14.5. The van der Waals surface area contributed by atoms with Crippen molar-refractivity contribution in [3.8, 4) is 0 Å². The highest BCUT2D eigenvalue weighted by Gasteiger charge is 2.14. The van der Waals surface area contributed by atoms with E-state index < -0.39 is 10.8 Å². The molecule has 0 rings (SSSR count). The van der Waals surface area contributed by atoms with Crippen molar-refractivity contribution in [2.24, 2.45) is 5.73 Å². The van der Waals surface area contributed by atoms with Crippen LogP contribution in [0.1, 0.15) is 27.2 Å². The van der Waals surface area contributed by atoms with Gasteiger partial charge in [-0.15, -0.1) is 0 Å². The summed E-state index contributed by atoms with van der Waals surface area (Å²) in [6.45, 7) is 7.18. The number of rotatable bonds is 7. The molecule has 0 spiro atoms. The molecule has 0 aliphatic carbocycles. The van der Waals surface area contributed by atoms with Gasteiger partial charge in [0.25, 0.3) is 0 Å². The van der Waals surface area contributed by atoms with Crippen molar-refractivity contribution in [3.63, 3.8) is 0 Å². The van der Waals surface area contributed by atoms with Crippen molar-refractivity contribution in [3.05, 3.63) is 0 Å². The average Bonchev–Trinajstić information content (AvgIpc) is 1.94. The lowest BCUT2D eigenvalue weighted by Crippen LogP contribution is -2.38. The molecule has 0 fully saturated rings. The van der Waals surface area contributed by atoms with Gasteiger partial charge >= 0.3 is 0 Å². The maximum absolute atomic E-state index is 11.4. The SMILES string of the molecule is CCOCCCS(=O)CC(C)(C)N. The van der Waals surface area contributed by atoms with Gasteiger partial charge in [-0.1, -0.05) is 0 Å². The van der Waals surface area contributed by atoms with Gasteiger partial charge in [-0.3, -0.25) is 4.21 Å². The maximum Gasteiger partial charge on any atom is 0.0474 e. The van der Waals surface area contributed by atoms with Gasteiger partial charge in [0.15, 0.2) is 0 Å². The molecule has 1 unspecified atom stereocenters. The summed E-state index contributed by atoms with van der Waals surface area (Å²) < 4.78 is 16.5. The standard InChI is InChI=1S/C9H21NO2S/c1-4-12-6-5-7-13(11)8-9(2,3)10/h4-8,10H2,1-3H3. The fourth-order valence-electron chi connectivity index (χ4n) is 0.953. The molecular formula is C9H21NO2S. The van der Waals surface area contributed by atoms with Crippen LogP contribution in [0.15, 0.2) is 0 Å². The van der Waals surface area contributed by atoms with E-state index >= 15 is 0 Å². The lowest BCUT2D eigenvalue weighted by molar-refractivity contribution is 0.149. The van der Waals surface area contributed by atoms with E-state index in [0.29, 0.717) is 18.1 Å². The summed E-state index contributed by atoms with van der Waals surface area (Å²) in [4.78, 5) is 0. The Morgan fingerprint density at radius 3 is 2.54 bits per heavy atom. The molecule has 3 nitrogen and oxygen atoms in total. The van der Waals surface area contributed by atoms with E-state index in [2.05, 4.69) is 0 Å². The minimum Gasteiger partial charge on any atom is -0.382 e. The summed E-state index contributed by atoms with van der Waals surface area (Å²) in [7, 11) is -0.798. The summed E-state index contributed by atoms with van der Waals surface area (Å²) in [5.74, 6) is 1.26. The van der Waals surface area contributed by atoms with Crippen molar-refractivity contribution in [2.45, 2.75) is 32.7 Å². The first-order valence-corrected chi connectivity index (χ1v) is 6.16. The summed E-state index contributed by atoms with van der Waals surface area (Å²) in [6, 6.07) is 0. The summed E-state index contributed by atoms with van der Waals surface area (Å²) in [6.07, 6.45) is 0.858. The molecule has 0 aromatic rings. The first-order chi connectivity index (χ1) is 5.95. The van der Waals surface area contributed by atoms with Crippen molar-refractivity contribution in [1.29, 1.82) is 0 Å². The quantitative estimate of drug-likeness (QED) is 0.631. The molecule has 2 N–H and O–H groups in total. The maximum atomic E-state index is 11.4. The van der Waals surface area contributed by atoms with Crippen LogP contribution in [0, 0.1) is 0 Å². The van der Waals surface area contributed by atoms with Crippen LogP contribution in [0.5, 0.6) is 0 Å². The molecule has 80 valence electrons. The van der Waals surface area contributed by atoms with Gasteiger partial charge < -0.3 is 10.5 Å². The van der Waals surface area contributed by atoms with Crippen molar-refractivity contribution in [2.75, 3.05) is 24.7 Å². The van der Waals surface area contributed by atoms with Gasteiger partial charge in [-0.25, -0.2) is 0 Å². The summed E-state index contributed by atoms with van der Waals surface area (Å²) >= 11 is 0. The Kier molecular flexibility index (Phi) is 6.55. The predicted octanol–water partition coefficient (Wildman–Crippen LogP) is 0.899. The van der Waals surface area contributed by atoms with Crippen LogP contribution in [0.3, 0.4) is 0 Å². The summed E-state index contributed by atoms with van der Waals surface area (Å²) in [5, 5.41) is 0. The lowest BCUT2D eigenvalue weighted by Gasteiger charge is -2.17. The highest BCUT2D eigenvalue weighted by molar-refractivity contribution is 7.85. The first kappa shape index (κ1) is 13.1. The Balaban J connectivity index is 3.41. The topological polar surface area (TPSA) is 52.3 Å². The van der Waals surface area contributed by atoms with E-state index in [9.17, 15) is 4.21 Å². The third-order valence-corrected chi connectivity index (χ3v) is 3.21. The lowest BCUT2D eigenvalue weighted by atomic mass is 10.1. The molecule has 0 aliphatic heterocycles. The minimum absolute atomic E-state index is 0.323. The third kappa shape index (κ3) is 9.99. The Labute approximate surface area is 83.5 Å². The van der Waals surface area contributed by atoms with Crippen LogP contribution in [0.4, 0.5) is 0 Å². The molecule has 13 heavy (non-hydrogen) atoms. The molecule has 0 saturated heterocycles. The third-order valence-electron chi connectivity index (χ3n) is 1.40. The van der Waals surface area contributed by atoms with Crippen LogP contribution in [-0.4, -0.2) is 34.5 Å². The molecule has 0 radical (unpaired) electrons. The highest BCUT2D eigenvalue weighted by atomic mass is 32.2. The van der Waals surface area contributed by atoms with Crippen LogP contribution in [-0.2, 0) is 15.5 Å². The van der Waals surface area contributed by atoms with Gasteiger partial charge in [0, 0.05) is 41.1 Å². The Morgan fingerprint density at radius 2 is 2.08 bits per heavy atom. The molecule has 0 aliphatic rings. The van der Waals surface area contributed by atoms with Crippen LogP contribution >= 0.6 is 0 Å². The van der Waals surface area contributed by atoms with Crippen molar-refractivity contribution >= 4 is 10.8 Å². The Hall–Kier alpha value is 0.0700. The van der Waals surface area contributed by atoms with E-state index in [1.165, 1.54) is 0 Å². The molecule has 0 heterocycles. The molecule has 0 saturated carbocycles. The van der Waals surface area contributed by atoms with Crippen LogP contribution in [0.2, 0.25) is 0 Å². The molecule has 0 amide bonds. The molecule has 0 aromatic heterocycles. The van der Waals surface area contributed by atoms with E-state index in [0.717, 1.165) is 13.0 Å². The summed E-state index contributed by atoms with van der Waals surface area (Å²) in [5.41, 5.74) is 5.42. The molecule has 1 atom stereocenters. The second-order valence-electron chi connectivity index (χ2n) is 3.83. The van der Waals surface area contributed by atoms with E-state index in [1.807, 2.05) is 20.8 Å². The molecule has 0 aromatic carbocycles. The number of hydrogen-bond acceptors (Lipinski definition) is 3. The minimum atomic E-state index is -0.798. The smallest absolute Gasteiger partial charge is 0.0474 e. The number of nitrogens with two attached hydrogens (primary N) is 1. The van der Waals surface area contributed by atoms with E-state index in [4.69, 9.17) is 10.5 Å². The second kappa shape index (κ2) is 6.51. The molecular weight excluding hydrogens is 186 g/mol. The zero-order chi connectivity index (χ0) is 10.3. The van der Waals surface area contributed by atoms with E-state index in [-0.39, 0.29) is 5.54 Å². The zero-order valence-corrected chi connectivity index (χ0v) is 9.65. The first-order valence-electron chi connectivity index (χ1n) is 4.67. The number of hydrogen-bond donors (Lipinski definition) is 1. The fourth-order valence-corrected chi connectivity index (χ4v) is 2.37. The van der Waals surface area contributed by atoms with Crippen molar-refractivity contribution < 1.29 is 8.95 Å². The Bertz CT molecular complexity index is 154. The van der Waals surface area contributed by atoms with Crippen LogP contribution < -0.4 is 5.73 Å². The predicted molar refractivity (Wildman–Crippen MR) is 57.3 cm³/mol.